The number of nitrogens with one attached hydrogen (secondary N) is 1. The Hall–Kier alpha value is -3.04. The van der Waals surface area contributed by atoms with E-state index in [1.54, 1.807) is 19.1 Å². The van der Waals surface area contributed by atoms with Crippen LogP contribution in [0.1, 0.15) is 27.8 Å². The van der Waals surface area contributed by atoms with Gasteiger partial charge in [-0.3, -0.25) is 4.79 Å². The van der Waals surface area contributed by atoms with E-state index < -0.39 is 24.5 Å². The fourth-order valence-corrected chi connectivity index (χ4v) is 4.47. The van der Waals surface area contributed by atoms with E-state index in [2.05, 4.69) is 26.2 Å². The van der Waals surface area contributed by atoms with Crippen LogP contribution in [-0.2, 0) is 14.3 Å². The average Bonchev–Trinajstić information content (AvgIpc) is 3.09. The van der Waals surface area contributed by atoms with E-state index in [1.807, 2.05) is 30.3 Å². The summed E-state index contributed by atoms with van der Waals surface area (Å²) in [5.41, 5.74) is 1.76. The maximum atomic E-state index is 12.6. The summed E-state index contributed by atoms with van der Waals surface area (Å²) in [5.74, 6) is -1.86. The molecule has 7 nitrogen and oxygen atoms in total. The highest BCUT2D eigenvalue weighted by atomic mass is 79.9. The molecule has 9 heteroatoms. The van der Waals surface area contributed by atoms with Gasteiger partial charge in [0, 0.05) is 11.8 Å². The molecule has 0 radical (unpaired) electrons. The third-order valence-corrected chi connectivity index (χ3v) is 5.64. The summed E-state index contributed by atoms with van der Waals surface area (Å²) in [6.45, 7) is 1.38. The molecule has 0 saturated carbocycles. The standard InChI is InChI=1S/C21H17BrN2O5S/c1-2-28-21(27)17-16(13-8-4-3-5-9-13)18(22)30-19(17)24-15(25)12-29-20(26)14-10-6-7-11-23-14/h3-11H,2,12H2,1H3,(H,24,25). The molecule has 2 aromatic heterocycles. The van der Waals surface area contributed by atoms with E-state index in [-0.39, 0.29) is 17.9 Å². The summed E-state index contributed by atoms with van der Waals surface area (Å²) in [6.07, 6.45) is 1.45. The minimum Gasteiger partial charge on any atom is -0.462 e. The van der Waals surface area contributed by atoms with E-state index in [0.29, 0.717) is 14.4 Å². The predicted octanol–water partition coefficient (Wildman–Crippen LogP) is 4.54. The van der Waals surface area contributed by atoms with Gasteiger partial charge in [0.1, 0.15) is 16.3 Å². The Balaban J connectivity index is 1.80. The number of nitrogens with zero attached hydrogens (tertiary/aromatic N) is 1. The first kappa shape index (κ1) is 21.7. The molecule has 0 aliphatic heterocycles. The van der Waals surface area contributed by atoms with Crippen LogP contribution in [-0.4, -0.2) is 36.0 Å². The summed E-state index contributed by atoms with van der Waals surface area (Å²) in [7, 11) is 0. The zero-order chi connectivity index (χ0) is 21.5. The number of thiophene rings is 1. The first-order chi connectivity index (χ1) is 14.5. The fourth-order valence-electron chi connectivity index (χ4n) is 2.60. The quantitative estimate of drug-likeness (QED) is 0.490. The maximum Gasteiger partial charge on any atom is 0.357 e. The number of rotatable bonds is 7. The molecule has 0 bridgehead atoms. The fraction of sp³-hybridized carbons (Fsp3) is 0.143. The van der Waals surface area contributed by atoms with Crippen LogP contribution >= 0.6 is 27.3 Å². The van der Waals surface area contributed by atoms with Crippen molar-refractivity contribution in [3.63, 3.8) is 0 Å². The molecule has 0 aliphatic carbocycles. The predicted molar refractivity (Wildman–Crippen MR) is 117 cm³/mol. The van der Waals surface area contributed by atoms with Crippen molar-refractivity contribution in [1.29, 1.82) is 0 Å². The highest BCUT2D eigenvalue weighted by Crippen LogP contribution is 2.44. The number of aromatic nitrogens is 1. The van der Waals surface area contributed by atoms with Crippen molar-refractivity contribution in [2.24, 2.45) is 0 Å². The number of hydrogen-bond acceptors (Lipinski definition) is 7. The second kappa shape index (κ2) is 10.1. The van der Waals surface area contributed by atoms with Crippen LogP contribution in [0.5, 0.6) is 0 Å². The van der Waals surface area contributed by atoms with Crippen molar-refractivity contribution in [1.82, 2.24) is 4.98 Å². The second-order valence-corrected chi connectivity index (χ2v) is 8.22. The number of pyridine rings is 1. The Morgan fingerprint density at radius 2 is 1.77 bits per heavy atom. The van der Waals surface area contributed by atoms with Gasteiger partial charge >= 0.3 is 11.9 Å². The van der Waals surface area contributed by atoms with Crippen molar-refractivity contribution in [3.05, 3.63) is 69.8 Å². The van der Waals surface area contributed by atoms with Gasteiger partial charge in [-0.05, 0) is 40.5 Å². The van der Waals surface area contributed by atoms with Gasteiger partial charge in [-0.15, -0.1) is 11.3 Å². The summed E-state index contributed by atoms with van der Waals surface area (Å²) >= 11 is 4.65. The van der Waals surface area contributed by atoms with Gasteiger partial charge in [0.25, 0.3) is 5.91 Å². The Morgan fingerprint density at radius 3 is 2.43 bits per heavy atom. The third kappa shape index (κ3) is 5.11. The molecule has 154 valence electrons. The lowest BCUT2D eigenvalue weighted by Gasteiger charge is -2.09. The number of ether oxygens (including phenoxy) is 2. The Kier molecular flexibility index (Phi) is 7.31. The van der Waals surface area contributed by atoms with E-state index >= 15 is 0 Å². The zero-order valence-electron chi connectivity index (χ0n) is 15.9. The van der Waals surface area contributed by atoms with E-state index in [1.165, 1.54) is 23.6 Å². The number of carbonyl (C=O) groups excluding carboxylic acids is 3. The number of anilines is 1. The topological polar surface area (TPSA) is 94.6 Å². The van der Waals surface area contributed by atoms with Crippen LogP contribution in [0, 0.1) is 0 Å². The molecule has 0 unspecified atom stereocenters. The van der Waals surface area contributed by atoms with Crippen LogP contribution in [0.25, 0.3) is 11.1 Å². The molecule has 3 aromatic rings. The van der Waals surface area contributed by atoms with Gasteiger partial charge in [-0.1, -0.05) is 36.4 Å². The smallest absolute Gasteiger partial charge is 0.357 e. The molecular weight excluding hydrogens is 472 g/mol. The lowest BCUT2D eigenvalue weighted by molar-refractivity contribution is -0.119. The van der Waals surface area contributed by atoms with Crippen molar-refractivity contribution < 1.29 is 23.9 Å². The van der Waals surface area contributed by atoms with Crippen molar-refractivity contribution in [3.8, 4) is 11.1 Å². The lowest BCUT2D eigenvalue weighted by Crippen LogP contribution is -2.22. The van der Waals surface area contributed by atoms with E-state index in [4.69, 9.17) is 9.47 Å². The molecule has 1 aromatic carbocycles. The monoisotopic (exact) mass is 488 g/mol. The highest BCUT2D eigenvalue weighted by molar-refractivity contribution is 9.11. The average molecular weight is 489 g/mol. The van der Waals surface area contributed by atoms with Gasteiger partial charge in [0.2, 0.25) is 0 Å². The largest absolute Gasteiger partial charge is 0.462 e. The minimum absolute atomic E-state index is 0.0998. The first-order valence-electron chi connectivity index (χ1n) is 8.94. The molecule has 0 fully saturated rings. The normalized spacial score (nSPS) is 10.3. The second-order valence-electron chi connectivity index (χ2n) is 5.88. The van der Waals surface area contributed by atoms with Crippen molar-refractivity contribution >= 4 is 50.1 Å². The number of benzene rings is 1. The van der Waals surface area contributed by atoms with Crippen molar-refractivity contribution in [2.75, 3.05) is 18.5 Å². The van der Waals surface area contributed by atoms with Gasteiger partial charge in [0.15, 0.2) is 6.61 Å². The summed E-state index contributed by atoms with van der Waals surface area (Å²) < 4.78 is 10.8. The molecule has 3 rings (SSSR count). The van der Waals surface area contributed by atoms with Crippen LogP contribution in [0.2, 0.25) is 0 Å². The Bertz CT molecular complexity index is 1050. The molecule has 0 aliphatic rings. The van der Waals surface area contributed by atoms with Crippen LogP contribution in [0.3, 0.4) is 0 Å². The van der Waals surface area contributed by atoms with Gasteiger partial charge in [0.05, 0.1) is 10.4 Å². The van der Waals surface area contributed by atoms with Gasteiger partial charge in [-0.25, -0.2) is 14.6 Å². The van der Waals surface area contributed by atoms with Crippen molar-refractivity contribution in [2.45, 2.75) is 6.92 Å². The molecule has 2 heterocycles. The van der Waals surface area contributed by atoms with Crippen LogP contribution in [0.15, 0.2) is 58.5 Å². The molecule has 30 heavy (non-hydrogen) atoms. The number of carbonyl (C=O) groups is 3. The first-order valence-corrected chi connectivity index (χ1v) is 10.5. The molecule has 0 spiro atoms. The molecule has 0 saturated heterocycles. The number of esters is 2. The van der Waals surface area contributed by atoms with Crippen LogP contribution in [0.4, 0.5) is 5.00 Å². The maximum absolute atomic E-state index is 12.6. The Labute approximate surface area is 185 Å². The lowest BCUT2D eigenvalue weighted by atomic mass is 10.0. The van der Waals surface area contributed by atoms with Gasteiger partial charge < -0.3 is 14.8 Å². The number of hydrogen-bond donors (Lipinski definition) is 1. The minimum atomic E-state index is -0.714. The van der Waals surface area contributed by atoms with E-state index in [9.17, 15) is 14.4 Å². The molecule has 0 atom stereocenters. The highest BCUT2D eigenvalue weighted by Gasteiger charge is 2.26. The Morgan fingerprint density at radius 1 is 1.03 bits per heavy atom. The molecule has 1 amide bonds. The SMILES string of the molecule is CCOC(=O)c1c(NC(=O)COC(=O)c2ccccn2)sc(Br)c1-c1ccccc1. The zero-order valence-corrected chi connectivity index (χ0v) is 18.3. The molecule has 1 N–H and O–H groups in total. The van der Waals surface area contributed by atoms with Gasteiger partial charge in [-0.2, -0.15) is 0 Å². The van der Waals surface area contributed by atoms with Crippen LogP contribution < -0.4 is 5.32 Å². The molecular formula is C21H17BrN2O5S. The third-order valence-electron chi connectivity index (χ3n) is 3.87. The van der Waals surface area contributed by atoms with E-state index in [0.717, 1.165) is 5.56 Å². The summed E-state index contributed by atoms with van der Waals surface area (Å²) in [5, 5.41) is 2.94. The summed E-state index contributed by atoms with van der Waals surface area (Å²) in [4.78, 5) is 40.8. The summed E-state index contributed by atoms with van der Waals surface area (Å²) in [6, 6.07) is 14.1. The number of amides is 1. The number of halogens is 1.